The molecule has 1 atom stereocenters. The first-order chi connectivity index (χ1) is 14.3. The molecule has 1 aromatic heterocycles. The average Bonchev–Trinajstić information content (AvgIpc) is 2.70. The zero-order valence-corrected chi connectivity index (χ0v) is 18.3. The highest BCUT2D eigenvalue weighted by molar-refractivity contribution is 5.80. The standard InChI is InChI=1S/C25H31N3O2/c1-17(2)15-20-10-12-21(13-11-20)19(4)27-23(29)9-6-14-28-16-26-24-18(3)7-5-8-22(24)25(28)30/h5,7-8,10-13,16-17,19H,6,9,14-15H2,1-4H3,(H,27,29). The highest BCUT2D eigenvalue weighted by Crippen LogP contribution is 2.16. The molecule has 1 unspecified atom stereocenters. The lowest BCUT2D eigenvalue weighted by Crippen LogP contribution is -2.27. The summed E-state index contributed by atoms with van der Waals surface area (Å²) in [7, 11) is 0. The third-order valence-corrected chi connectivity index (χ3v) is 5.36. The van der Waals surface area contributed by atoms with Crippen molar-refractivity contribution in [3.63, 3.8) is 0 Å². The number of hydrogen-bond donors (Lipinski definition) is 1. The Balaban J connectivity index is 1.53. The molecule has 158 valence electrons. The van der Waals surface area contributed by atoms with Crippen LogP contribution >= 0.6 is 0 Å². The lowest BCUT2D eigenvalue weighted by molar-refractivity contribution is -0.121. The van der Waals surface area contributed by atoms with Gasteiger partial charge in [0.25, 0.3) is 5.56 Å². The normalized spacial score (nSPS) is 12.3. The molecule has 0 spiro atoms. The van der Waals surface area contributed by atoms with E-state index in [-0.39, 0.29) is 17.5 Å². The SMILES string of the molecule is Cc1cccc2c(=O)n(CCCC(=O)NC(C)c3ccc(CC(C)C)cc3)cnc12. The van der Waals surface area contributed by atoms with Gasteiger partial charge in [0, 0.05) is 13.0 Å². The van der Waals surface area contributed by atoms with E-state index >= 15 is 0 Å². The van der Waals surface area contributed by atoms with Crippen LogP contribution < -0.4 is 10.9 Å². The van der Waals surface area contributed by atoms with Crippen molar-refractivity contribution in [2.24, 2.45) is 5.92 Å². The van der Waals surface area contributed by atoms with Gasteiger partial charge in [0.1, 0.15) is 0 Å². The van der Waals surface area contributed by atoms with Crippen LogP contribution in [0.1, 0.15) is 56.3 Å². The Morgan fingerprint density at radius 3 is 2.53 bits per heavy atom. The molecule has 5 nitrogen and oxygen atoms in total. The maximum absolute atomic E-state index is 12.6. The fraction of sp³-hybridized carbons (Fsp3) is 0.400. The Morgan fingerprint density at radius 1 is 1.10 bits per heavy atom. The Morgan fingerprint density at radius 2 is 1.83 bits per heavy atom. The molecule has 1 heterocycles. The summed E-state index contributed by atoms with van der Waals surface area (Å²) in [6, 6.07) is 14.0. The van der Waals surface area contributed by atoms with E-state index in [9.17, 15) is 9.59 Å². The van der Waals surface area contributed by atoms with Crippen molar-refractivity contribution < 1.29 is 4.79 Å². The molecule has 3 rings (SSSR count). The number of fused-ring (bicyclic) bond motifs is 1. The van der Waals surface area contributed by atoms with Crippen LogP contribution in [0, 0.1) is 12.8 Å². The van der Waals surface area contributed by atoms with Gasteiger partial charge in [-0.3, -0.25) is 14.2 Å². The Hall–Kier alpha value is -2.95. The molecule has 0 radical (unpaired) electrons. The lowest BCUT2D eigenvalue weighted by atomic mass is 10.00. The summed E-state index contributed by atoms with van der Waals surface area (Å²) in [6.07, 6.45) is 3.60. The van der Waals surface area contributed by atoms with Crippen molar-refractivity contribution in [1.29, 1.82) is 0 Å². The molecule has 0 saturated heterocycles. The van der Waals surface area contributed by atoms with Crippen LogP contribution in [0.15, 0.2) is 53.6 Å². The first-order valence-electron chi connectivity index (χ1n) is 10.7. The van der Waals surface area contributed by atoms with Crippen LogP contribution in [0.5, 0.6) is 0 Å². The van der Waals surface area contributed by atoms with Crippen LogP contribution in [0.4, 0.5) is 0 Å². The molecule has 0 bridgehead atoms. The minimum absolute atomic E-state index is 0.00796. The maximum atomic E-state index is 12.6. The van der Waals surface area contributed by atoms with Crippen molar-refractivity contribution in [2.45, 2.75) is 59.5 Å². The maximum Gasteiger partial charge on any atom is 0.261 e. The summed E-state index contributed by atoms with van der Waals surface area (Å²) in [6.45, 7) is 8.83. The first kappa shape index (κ1) is 21.8. The fourth-order valence-corrected chi connectivity index (χ4v) is 3.72. The molecule has 5 heteroatoms. The summed E-state index contributed by atoms with van der Waals surface area (Å²) in [5.74, 6) is 0.619. The van der Waals surface area contributed by atoms with Crippen molar-refractivity contribution in [3.05, 3.63) is 75.8 Å². The number of amides is 1. The molecule has 1 amide bonds. The van der Waals surface area contributed by atoms with Gasteiger partial charge in [-0.1, -0.05) is 50.2 Å². The predicted molar refractivity (Wildman–Crippen MR) is 122 cm³/mol. The van der Waals surface area contributed by atoms with Crippen LogP contribution in [0.3, 0.4) is 0 Å². The van der Waals surface area contributed by atoms with Crippen LogP contribution in [0.2, 0.25) is 0 Å². The Kier molecular flexibility index (Phi) is 7.03. The van der Waals surface area contributed by atoms with Gasteiger partial charge in [-0.05, 0) is 55.4 Å². The smallest absolute Gasteiger partial charge is 0.261 e. The zero-order valence-electron chi connectivity index (χ0n) is 18.3. The minimum Gasteiger partial charge on any atom is -0.350 e. The van der Waals surface area contributed by atoms with E-state index in [1.807, 2.05) is 26.0 Å². The third-order valence-electron chi connectivity index (χ3n) is 5.36. The molecule has 0 fully saturated rings. The third kappa shape index (κ3) is 5.35. The number of carbonyl (C=O) groups excluding carboxylic acids is 1. The fourth-order valence-electron chi connectivity index (χ4n) is 3.72. The number of hydrogen-bond acceptors (Lipinski definition) is 3. The molecule has 1 N–H and O–H groups in total. The summed E-state index contributed by atoms with van der Waals surface area (Å²) in [5.41, 5.74) is 4.09. The van der Waals surface area contributed by atoms with Gasteiger partial charge in [0.2, 0.25) is 5.91 Å². The van der Waals surface area contributed by atoms with Gasteiger partial charge < -0.3 is 5.32 Å². The lowest BCUT2D eigenvalue weighted by Gasteiger charge is -2.15. The second-order valence-corrected chi connectivity index (χ2v) is 8.45. The molecule has 2 aromatic carbocycles. The van der Waals surface area contributed by atoms with E-state index < -0.39 is 0 Å². The van der Waals surface area contributed by atoms with E-state index in [4.69, 9.17) is 0 Å². The van der Waals surface area contributed by atoms with Crippen LogP contribution in [-0.4, -0.2) is 15.5 Å². The summed E-state index contributed by atoms with van der Waals surface area (Å²) >= 11 is 0. The summed E-state index contributed by atoms with van der Waals surface area (Å²) < 4.78 is 1.59. The predicted octanol–water partition coefficient (Wildman–Crippen LogP) is 4.56. The monoisotopic (exact) mass is 405 g/mol. The number of rotatable bonds is 8. The first-order valence-corrected chi connectivity index (χ1v) is 10.7. The molecular formula is C25H31N3O2. The van der Waals surface area contributed by atoms with E-state index in [1.54, 1.807) is 17.0 Å². The van der Waals surface area contributed by atoms with E-state index in [1.165, 1.54) is 5.56 Å². The minimum atomic E-state index is -0.0565. The number of benzene rings is 2. The van der Waals surface area contributed by atoms with Gasteiger partial charge in [-0.15, -0.1) is 0 Å². The number of aromatic nitrogens is 2. The second-order valence-electron chi connectivity index (χ2n) is 8.45. The molecular weight excluding hydrogens is 374 g/mol. The highest BCUT2D eigenvalue weighted by Gasteiger charge is 2.11. The number of aryl methyl sites for hydroxylation is 2. The molecule has 0 aliphatic heterocycles. The average molecular weight is 406 g/mol. The van der Waals surface area contributed by atoms with Crippen molar-refractivity contribution in [3.8, 4) is 0 Å². The topological polar surface area (TPSA) is 64.0 Å². The summed E-state index contributed by atoms with van der Waals surface area (Å²) in [5, 5.41) is 3.67. The Bertz CT molecular complexity index is 1070. The second kappa shape index (κ2) is 9.70. The highest BCUT2D eigenvalue weighted by atomic mass is 16.1. The number of nitrogens with one attached hydrogen (secondary N) is 1. The zero-order chi connectivity index (χ0) is 21.7. The molecule has 3 aromatic rings. The molecule has 0 aliphatic rings. The number of nitrogens with zero attached hydrogens (tertiary/aromatic N) is 2. The van der Waals surface area contributed by atoms with Crippen molar-refractivity contribution >= 4 is 16.8 Å². The van der Waals surface area contributed by atoms with Crippen molar-refractivity contribution in [2.75, 3.05) is 0 Å². The quantitative estimate of drug-likeness (QED) is 0.597. The van der Waals surface area contributed by atoms with E-state index in [0.29, 0.717) is 30.7 Å². The molecule has 30 heavy (non-hydrogen) atoms. The van der Waals surface area contributed by atoms with Gasteiger partial charge >= 0.3 is 0 Å². The molecule has 0 saturated carbocycles. The van der Waals surface area contributed by atoms with Crippen LogP contribution in [0.25, 0.3) is 10.9 Å². The van der Waals surface area contributed by atoms with Gasteiger partial charge in [-0.25, -0.2) is 4.98 Å². The number of para-hydroxylation sites is 1. The van der Waals surface area contributed by atoms with Crippen molar-refractivity contribution in [1.82, 2.24) is 14.9 Å². The van der Waals surface area contributed by atoms with E-state index in [0.717, 1.165) is 23.1 Å². The van der Waals surface area contributed by atoms with Gasteiger partial charge in [0.15, 0.2) is 0 Å². The summed E-state index contributed by atoms with van der Waals surface area (Å²) in [4.78, 5) is 29.4. The van der Waals surface area contributed by atoms with Gasteiger partial charge in [0.05, 0.1) is 23.3 Å². The Labute approximate surface area is 178 Å². The number of carbonyl (C=O) groups is 1. The van der Waals surface area contributed by atoms with E-state index in [2.05, 4.69) is 48.4 Å². The van der Waals surface area contributed by atoms with Crippen LogP contribution in [-0.2, 0) is 17.8 Å². The largest absolute Gasteiger partial charge is 0.350 e. The molecule has 0 aliphatic carbocycles. The van der Waals surface area contributed by atoms with Gasteiger partial charge in [-0.2, -0.15) is 0 Å².